The topological polar surface area (TPSA) is 76.3 Å². The van der Waals surface area contributed by atoms with E-state index in [9.17, 15) is 21.6 Å². The molecule has 1 aliphatic rings. The molecular weight excluding hydrogens is 355 g/mol. The molecule has 0 N–H and O–H groups in total. The first-order valence-electron chi connectivity index (χ1n) is 6.63. The molecule has 0 amide bonds. The van der Waals surface area contributed by atoms with Gasteiger partial charge in [0.2, 0.25) is 15.8 Å². The van der Waals surface area contributed by atoms with Crippen LogP contribution in [0.4, 0.5) is 13.2 Å². The van der Waals surface area contributed by atoms with E-state index in [-0.39, 0.29) is 17.6 Å². The summed E-state index contributed by atoms with van der Waals surface area (Å²) in [6, 6.07) is 3.19. The van der Waals surface area contributed by atoms with E-state index in [1.807, 2.05) is 0 Å². The molecule has 2 aromatic heterocycles. The fourth-order valence-corrected chi connectivity index (χ4v) is 4.58. The van der Waals surface area contributed by atoms with Gasteiger partial charge in [0.1, 0.15) is 0 Å². The molecule has 0 unspecified atom stereocenters. The van der Waals surface area contributed by atoms with Gasteiger partial charge in [-0.1, -0.05) is 5.16 Å². The van der Waals surface area contributed by atoms with Crippen molar-refractivity contribution < 1.29 is 26.1 Å². The van der Waals surface area contributed by atoms with Crippen LogP contribution < -0.4 is 0 Å². The van der Waals surface area contributed by atoms with Gasteiger partial charge in [0.25, 0.3) is 0 Å². The lowest BCUT2D eigenvalue weighted by atomic mass is 10.4. The minimum absolute atomic E-state index is 0.160. The second kappa shape index (κ2) is 5.56. The van der Waals surface area contributed by atoms with Gasteiger partial charge >= 0.3 is 12.1 Å². The number of hydrogen-bond acceptors (Lipinski definition) is 6. The standard InChI is InChI=1S/C12H12F3N3O3S2/c1-18(23(19,20)8-3-4-8)6-7-2-5-9(22-7)10-16-11(21-17-10)12(13,14)15/h2,5,8H,3-4,6H2,1H3. The summed E-state index contributed by atoms with van der Waals surface area (Å²) in [5.74, 6) is -1.57. The maximum absolute atomic E-state index is 12.4. The van der Waals surface area contributed by atoms with Crippen molar-refractivity contribution in [1.82, 2.24) is 14.4 Å². The number of thiophene rings is 1. The fraction of sp³-hybridized carbons (Fsp3) is 0.500. The van der Waals surface area contributed by atoms with Gasteiger partial charge in [-0.2, -0.15) is 22.5 Å². The van der Waals surface area contributed by atoms with Gasteiger partial charge in [-0.15, -0.1) is 11.3 Å². The Morgan fingerprint density at radius 3 is 2.65 bits per heavy atom. The third-order valence-electron chi connectivity index (χ3n) is 3.31. The average molecular weight is 367 g/mol. The third kappa shape index (κ3) is 3.40. The molecule has 1 fully saturated rings. The summed E-state index contributed by atoms with van der Waals surface area (Å²) >= 11 is 1.13. The Balaban J connectivity index is 1.74. The molecule has 11 heteroatoms. The van der Waals surface area contributed by atoms with Crippen LogP contribution in [0.3, 0.4) is 0 Å². The van der Waals surface area contributed by atoms with Crippen LogP contribution in [-0.4, -0.2) is 35.2 Å². The van der Waals surface area contributed by atoms with E-state index < -0.39 is 22.1 Å². The van der Waals surface area contributed by atoms with Gasteiger partial charge in [-0.3, -0.25) is 0 Å². The second-order valence-electron chi connectivity index (χ2n) is 5.19. The summed E-state index contributed by atoms with van der Waals surface area (Å²) in [7, 11) is -1.80. The summed E-state index contributed by atoms with van der Waals surface area (Å²) in [5, 5.41) is 3.00. The minimum atomic E-state index is -4.69. The lowest BCUT2D eigenvalue weighted by Crippen LogP contribution is -2.29. The van der Waals surface area contributed by atoms with Crippen LogP contribution in [0.25, 0.3) is 10.7 Å². The van der Waals surface area contributed by atoms with Crippen molar-refractivity contribution in [3.05, 3.63) is 22.9 Å². The Bertz CT molecular complexity index is 809. The Hall–Kier alpha value is -1.46. The van der Waals surface area contributed by atoms with Crippen molar-refractivity contribution >= 4 is 21.4 Å². The average Bonchev–Trinajstić information content (AvgIpc) is 3.01. The number of alkyl halides is 3. The van der Waals surface area contributed by atoms with Crippen LogP contribution in [0.1, 0.15) is 23.6 Å². The first-order chi connectivity index (χ1) is 10.7. The monoisotopic (exact) mass is 367 g/mol. The molecule has 0 atom stereocenters. The molecule has 0 bridgehead atoms. The van der Waals surface area contributed by atoms with Gasteiger partial charge in [-0.05, 0) is 25.0 Å². The number of aromatic nitrogens is 2. The quantitative estimate of drug-likeness (QED) is 0.812. The van der Waals surface area contributed by atoms with Crippen LogP contribution >= 0.6 is 11.3 Å². The number of halogens is 3. The summed E-state index contributed by atoms with van der Waals surface area (Å²) in [6.07, 6.45) is -3.35. The Kier molecular flexibility index (Phi) is 3.97. The summed E-state index contributed by atoms with van der Waals surface area (Å²) < 4.78 is 66.9. The molecule has 1 aliphatic carbocycles. The molecule has 0 saturated heterocycles. The van der Waals surface area contributed by atoms with Gasteiger partial charge in [0.15, 0.2) is 0 Å². The molecular formula is C12H12F3N3O3S2. The molecule has 23 heavy (non-hydrogen) atoms. The summed E-state index contributed by atoms with van der Waals surface area (Å²) in [6.45, 7) is 0.160. The van der Waals surface area contributed by atoms with Crippen molar-refractivity contribution in [3.8, 4) is 10.7 Å². The summed E-state index contributed by atoms with van der Waals surface area (Å²) in [5.41, 5.74) is 0. The maximum atomic E-state index is 12.4. The van der Waals surface area contributed by atoms with E-state index in [0.29, 0.717) is 22.6 Å². The highest BCUT2D eigenvalue weighted by molar-refractivity contribution is 7.90. The largest absolute Gasteiger partial charge is 0.471 e. The highest BCUT2D eigenvalue weighted by Gasteiger charge is 2.39. The van der Waals surface area contributed by atoms with Crippen molar-refractivity contribution in [1.29, 1.82) is 0 Å². The van der Waals surface area contributed by atoms with Gasteiger partial charge < -0.3 is 4.52 Å². The molecule has 0 radical (unpaired) electrons. The third-order valence-corrected chi connectivity index (χ3v) is 6.69. The van der Waals surface area contributed by atoms with E-state index in [1.54, 1.807) is 12.1 Å². The van der Waals surface area contributed by atoms with Crippen molar-refractivity contribution in [2.24, 2.45) is 0 Å². The number of hydrogen-bond donors (Lipinski definition) is 0. The maximum Gasteiger partial charge on any atom is 0.471 e. The van der Waals surface area contributed by atoms with Gasteiger partial charge in [-0.25, -0.2) is 8.42 Å². The predicted octanol–water partition coefficient (Wildman–Crippen LogP) is 2.74. The Morgan fingerprint density at radius 2 is 2.09 bits per heavy atom. The van der Waals surface area contributed by atoms with Crippen molar-refractivity contribution in [2.45, 2.75) is 30.8 Å². The Morgan fingerprint density at radius 1 is 1.39 bits per heavy atom. The molecule has 3 rings (SSSR count). The Labute approximate surface area is 134 Å². The number of sulfonamides is 1. The molecule has 1 saturated carbocycles. The van der Waals surface area contributed by atoms with Crippen LogP contribution in [0.5, 0.6) is 0 Å². The summed E-state index contributed by atoms with van der Waals surface area (Å²) in [4.78, 5) is 4.38. The zero-order valence-electron chi connectivity index (χ0n) is 11.9. The number of rotatable bonds is 5. The molecule has 2 aromatic rings. The SMILES string of the molecule is CN(Cc1ccc(-c2noc(C(F)(F)F)n2)s1)S(=O)(=O)C1CC1. The highest BCUT2D eigenvalue weighted by atomic mass is 32.2. The van der Waals surface area contributed by atoms with Crippen molar-refractivity contribution in [2.75, 3.05) is 7.05 Å². The van der Waals surface area contributed by atoms with Gasteiger partial charge in [0, 0.05) is 18.5 Å². The molecule has 6 nitrogen and oxygen atoms in total. The van der Waals surface area contributed by atoms with Crippen LogP contribution in [0, 0.1) is 0 Å². The fourth-order valence-electron chi connectivity index (χ4n) is 1.95. The molecule has 0 aliphatic heterocycles. The first-order valence-corrected chi connectivity index (χ1v) is 8.95. The lowest BCUT2D eigenvalue weighted by molar-refractivity contribution is -0.159. The molecule has 126 valence electrons. The molecule has 0 aromatic carbocycles. The van der Waals surface area contributed by atoms with Crippen LogP contribution in [0.15, 0.2) is 16.7 Å². The normalized spacial score (nSPS) is 16.2. The zero-order valence-corrected chi connectivity index (χ0v) is 13.5. The smallest absolute Gasteiger partial charge is 0.329 e. The van der Waals surface area contributed by atoms with E-state index >= 15 is 0 Å². The molecule has 0 spiro atoms. The van der Waals surface area contributed by atoms with Crippen LogP contribution in [0.2, 0.25) is 0 Å². The van der Waals surface area contributed by atoms with E-state index in [1.165, 1.54) is 11.4 Å². The highest BCUT2D eigenvalue weighted by Crippen LogP contribution is 2.34. The van der Waals surface area contributed by atoms with E-state index in [4.69, 9.17) is 0 Å². The predicted molar refractivity (Wildman–Crippen MR) is 76.0 cm³/mol. The second-order valence-corrected chi connectivity index (χ2v) is 8.68. The lowest BCUT2D eigenvalue weighted by Gasteiger charge is -2.15. The van der Waals surface area contributed by atoms with Gasteiger partial charge in [0.05, 0.1) is 10.1 Å². The van der Waals surface area contributed by atoms with Crippen molar-refractivity contribution in [3.63, 3.8) is 0 Å². The van der Waals surface area contributed by atoms with Crippen LogP contribution in [-0.2, 0) is 22.7 Å². The zero-order chi connectivity index (χ0) is 16.8. The first kappa shape index (κ1) is 16.4. The minimum Gasteiger partial charge on any atom is -0.329 e. The number of nitrogens with zero attached hydrogens (tertiary/aromatic N) is 3. The van der Waals surface area contributed by atoms with E-state index in [0.717, 1.165) is 11.3 Å². The van der Waals surface area contributed by atoms with E-state index in [2.05, 4.69) is 14.7 Å². The molecule has 2 heterocycles.